The summed E-state index contributed by atoms with van der Waals surface area (Å²) in [6.45, 7) is 2.08. The summed E-state index contributed by atoms with van der Waals surface area (Å²) in [6.07, 6.45) is 4.12. The molecule has 8 heteroatoms. The number of aryl methyl sites for hydroxylation is 1. The Morgan fingerprint density at radius 3 is 2.88 bits per heavy atom. The smallest absolute Gasteiger partial charge is 0.249 e. The second-order valence-corrected chi connectivity index (χ2v) is 9.55. The lowest BCUT2D eigenvalue weighted by atomic mass is 9.73. The summed E-state index contributed by atoms with van der Waals surface area (Å²) in [5.41, 5.74) is 2.47. The molecule has 0 atom stereocenters. The molecule has 0 saturated carbocycles. The highest BCUT2D eigenvalue weighted by Crippen LogP contribution is 2.37. The molecule has 1 fully saturated rings. The van der Waals surface area contributed by atoms with Crippen LogP contribution in [-0.2, 0) is 11.2 Å². The molecule has 1 amide bonds. The third-order valence-corrected chi connectivity index (χ3v) is 7.43. The molecule has 2 aromatic heterocycles. The molecule has 0 bridgehead atoms. The standard InChI is InChI=1S/C26H28FN3O3S/c1-33-19-8-9-24-22(17-19)21(23(27)18-28-24)7-2-10-26(25(31)29-32)11-14-30(15-12-26)13-3-5-20-6-4-16-34-20/h4,6,8-9,16-18,32H,2,7,10-15H2,1H3,(H,29,31). The van der Waals surface area contributed by atoms with Gasteiger partial charge in [-0.1, -0.05) is 17.9 Å². The number of hydroxylamine groups is 1. The Kier molecular flexibility index (Phi) is 7.78. The summed E-state index contributed by atoms with van der Waals surface area (Å²) < 4.78 is 20.0. The van der Waals surface area contributed by atoms with Crippen LogP contribution in [0.1, 0.15) is 36.1 Å². The lowest BCUT2D eigenvalue weighted by Gasteiger charge is -2.39. The van der Waals surface area contributed by atoms with E-state index in [-0.39, 0.29) is 11.7 Å². The van der Waals surface area contributed by atoms with Crippen LogP contribution in [-0.4, -0.2) is 47.7 Å². The van der Waals surface area contributed by atoms with Gasteiger partial charge in [-0.05, 0) is 67.3 Å². The van der Waals surface area contributed by atoms with E-state index in [1.807, 2.05) is 29.1 Å². The lowest BCUT2D eigenvalue weighted by Crippen LogP contribution is -2.48. The van der Waals surface area contributed by atoms with E-state index >= 15 is 0 Å². The van der Waals surface area contributed by atoms with E-state index in [9.17, 15) is 14.4 Å². The second kappa shape index (κ2) is 11.0. The molecule has 1 saturated heterocycles. The third kappa shape index (κ3) is 5.39. The molecule has 178 valence electrons. The molecule has 1 aliphatic heterocycles. The quantitative estimate of drug-likeness (QED) is 0.297. The van der Waals surface area contributed by atoms with E-state index < -0.39 is 5.41 Å². The predicted octanol–water partition coefficient (Wildman–Crippen LogP) is 4.41. The van der Waals surface area contributed by atoms with Crippen LogP contribution in [0, 0.1) is 23.1 Å². The number of aromatic nitrogens is 1. The topological polar surface area (TPSA) is 74.7 Å². The SMILES string of the molecule is COc1ccc2ncc(F)c(CCCC3(C(=O)NO)CCN(CC#Cc4cccs4)CC3)c2c1. The number of piperidine rings is 1. The molecular formula is C26H28FN3O3S. The fraction of sp³-hybridized carbons (Fsp3) is 0.385. The summed E-state index contributed by atoms with van der Waals surface area (Å²) >= 11 is 1.62. The van der Waals surface area contributed by atoms with Crippen LogP contribution in [0.5, 0.6) is 5.75 Å². The highest BCUT2D eigenvalue weighted by Gasteiger charge is 2.40. The van der Waals surface area contributed by atoms with Crippen molar-refractivity contribution in [3.63, 3.8) is 0 Å². The van der Waals surface area contributed by atoms with Gasteiger partial charge in [0.15, 0.2) is 0 Å². The van der Waals surface area contributed by atoms with Gasteiger partial charge in [-0.15, -0.1) is 11.3 Å². The Hall–Kier alpha value is -2.99. The fourth-order valence-corrected chi connectivity index (χ4v) is 5.22. The molecular weight excluding hydrogens is 453 g/mol. The normalized spacial score (nSPS) is 15.5. The van der Waals surface area contributed by atoms with Crippen molar-refractivity contribution in [2.45, 2.75) is 32.1 Å². The maximum Gasteiger partial charge on any atom is 0.249 e. The first kappa shape index (κ1) is 24.1. The number of carbonyl (C=O) groups excluding carboxylic acids is 1. The van der Waals surface area contributed by atoms with Gasteiger partial charge in [0, 0.05) is 18.5 Å². The van der Waals surface area contributed by atoms with Crippen molar-refractivity contribution in [2.75, 3.05) is 26.7 Å². The number of likely N-dealkylation sites (tertiary alicyclic amines) is 1. The molecule has 1 aliphatic rings. The number of ether oxygens (including phenoxy) is 1. The van der Waals surface area contributed by atoms with Crippen molar-refractivity contribution in [1.82, 2.24) is 15.4 Å². The fourth-order valence-electron chi connectivity index (χ4n) is 4.62. The number of halogens is 1. The van der Waals surface area contributed by atoms with Crippen LogP contribution < -0.4 is 10.2 Å². The average Bonchev–Trinajstić information content (AvgIpc) is 3.39. The number of nitrogens with zero attached hydrogens (tertiary/aromatic N) is 2. The number of carbonyl (C=O) groups is 1. The van der Waals surface area contributed by atoms with E-state index in [4.69, 9.17) is 4.74 Å². The predicted molar refractivity (Wildman–Crippen MR) is 130 cm³/mol. The summed E-state index contributed by atoms with van der Waals surface area (Å²) in [4.78, 5) is 20.1. The van der Waals surface area contributed by atoms with Crippen molar-refractivity contribution in [3.8, 4) is 17.6 Å². The first-order valence-electron chi connectivity index (χ1n) is 11.3. The lowest BCUT2D eigenvalue weighted by molar-refractivity contribution is -0.143. The summed E-state index contributed by atoms with van der Waals surface area (Å²) in [5, 5.41) is 12.1. The summed E-state index contributed by atoms with van der Waals surface area (Å²) in [6, 6.07) is 9.39. The van der Waals surface area contributed by atoms with Gasteiger partial charge < -0.3 is 4.74 Å². The third-order valence-electron chi connectivity index (χ3n) is 6.65. The number of fused-ring (bicyclic) bond motifs is 1. The van der Waals surface area contributed by atoms with E-state index in [2.05, 4.69) is 21.7 Å². The number of hydrogen-bond acceptors (Lipinski definition) is 6. The van der Waals surface area contributed by atoms with Gasteiger partial charge in [0.25, 0.3) is 0 Å². The van der Waals surface area contributed by atoms with Crippen molar-refractivity contribution in [1.29, 1.82) is 0 Å². The summed E-state index contributed by atoms with van der Waals surface area (Å²) in [5.74, 6) is 6.29. The molecule has 0 unspecified atom stereocenters. The van der Waals surface area contributed by atoms with Crippen molar-refractivity contribution < 1.29 is 19.1 Å². The second-order valence-electron chi connectivity index (χ2n) is 8.60. The molecule has 6 nitrogen and oxygen atoms in total. The number of methoxy groups -OCH3 is 1. The van der Waals surface area contributed by atoms with Gasteiger partial charge in [0.1, 0.15) is 11.6 Å². The minimum absolute atomic E-state index is 0.361. The Bertz CT molecular complexity index is 1200. The molecule has 2 N–H and O–H groups in total. The van der Waals surface area contributed by atoms with Crippen LogP contribution in [0.3, 0.4) is 0 Å². The van der Waals surface area contributed by atoms with Gasteiger partial charge in [-0.2, -0.15) is 0 Å². The van der Waals surface area contributed by atoms with E-state index in [0.717, 1.165) is 23.4 Å². The van der Waals surface area contributed by atoms with Crippen molar-refractivity contribution >= 4 is 28.1 Å². The first-order valence-corrected chi connectivity index (χ1v) is 12.2. The van der Waals surface area contributed by atoms with Crippen LogP contribution in [0.4, 0.5) is 4.39 Å². The molecule has 1 aromatic carbocycles. The molecule has 4 rings (SSSR count). The maximum absolute atomic E-state index is 14.7. The molecule has 0 aliphatic carbocycles. The minimum atomic E-state index is -0.677. The molecule has 3 aromatic rings. The highest BCUT2D eigenvalue weighted by molar-refractivity contribution is 7.10. The first-order chi connectivity index (χ1) is 16.5. The largest absolute Gasteiger partial charge is 0.497 e. The van der Waals surface area contributed by atoms with Crippen LogP contribution >= 0.6 is 11.3 Å². The number of hydrogen-bond donors (Lipinski definition) is 2. The van der Waals surface area contributed by atoms with Gasteiger partial charge >= 0.3 is 0 Å². The number of amides is 1. The zero-order valence-corrected chi connectivity index (χ0v) is 20.0. The zero-order valence-electron chi connectivity index (χ0n) is 19.1. The molecule has 34 heavy (non-hydrogen) atoms. The molecule has 0 spiro atoms. The average molecular weight is 482 g/mol. The summed E-state index contributed by atoms with van der Waals surface area (Å²) in [7, 11) is 1.57. The van der Waals surface area contributed by atoms with E-state index in [0.29, 0.717) is 55.5 Å². The monoisotopic (exact) mass is 481 g/mol. The number of thiophene rings is 1. The number of nitrogens with one attached hydrogen (secondary N) is 1. The van der Waals surface area contributed by atoms with Gasteiger partial charge in [0.2, 0.25) is 5.91 Å². The van der Waals surface area contributed by atoms with Gasteiger partial charge in [-0.25, -0.2) is 9.87 Å². The van der Waals surface area contributed by atoms with Crippen LogP contribution in [0.15, 0.2) is 41.9 Å². The van der Waals surface area contributed by atoms with Gasteiger partial charge in [-0.3, -0.25) is 19.9 Å². The molecule has 0 radical (unpaired) electrons. The Labute approximate surface area is 202 Å². The number of pyridine rings is 1. The zero-order chi connectivity index (χ0) is 24.0. The Morgan fingerprint density at radius 2 is 2.18 bits per heavy atom. The van der Waals surface area contributed by atoms with E-state index in [1.165, 1.54) is 6.20 Å². The van der Waals surface area contributed by atoms with Crippen LogP contribution in [0.25, 0.3) is 10.9 Å². The Balaban J connectivity index is 1.41. The molecule has 3 heterocycles. The maximum atomic E-state index is 14.7. The Morgan fingerprint density at radius 1 is 1.35 bits per heavy atom. The number of rotatable bonds is 7. The minimum Gasteiger partial charge on any atom is -0.497 e. The highest BCUT2D eigenvalue weighted by atomic mass is 32.1. The van der Waals surface area contributed by atoms with Crippen LogP contribution in [0.2, 0.25) is 0 Å². The number of benzene rings is 1. The van der Waals surface area contributed by atoms with Crippen molar-refractivity contribution in [2.24, 2.45) is 5.41 Å². The van der Waals surface area contributed by atoms with Crippen molar-refractivity contribution in [3.05, 3.63) is 58.2 Å². The van der Waals surface area contributed by atoms with E-state index in [1.54, 1.807) is 30.6 Å². The van der Waals surface area contributed by atoms with Gasteiger partial charge in [0.05, 0.1) is 35.7 Å².